The number of primary amides is 1. The second-order valence-electron chi connectivity index (χ2n) is 3.88. The van der Waals surface area contributed by atoms with E-state index in [4.69, 9.17) is 10.8 Å². The van der Waals surface area contributed by atoms with Crippen LogP contribution in [0.1, 0.15) is 18.9 Å². The van der Waals surface area contributed by atoms with Crippen LogP contribution in [-0.2, 0) is 11.2 Å². The van der Waals surface area contributed by atoms with E-state index in [-0.39, 0.29) is 6.54 Å². The zero-order chi connectivity index (χ0) is 13.5. The number of anilines is 1. The summed E-state index contributed by atoms with van der Waals surface area (Å²) in [6.45, 7) is 1.71. The predicted molar refractivity (Wildman–Crippen MR) is 68.1 cm³/mol. The monoisotopic (exact) mass is 251 g/mol. The molecule has 6 heteroatoms. The lowest BCUT2D eigenvalue weighted by Crippen LogP contribution is -2.47. The van der Waals surface area contributed by atoms with Crippen LogP contribution in [-0.4, -0.2) is 23.7 Å². The Morgan fingerprint density at radius 1 is 1.44 bits per heavy atom. The molecule has 6 nitrogen and oxygen atoms in total. The van der Waals surface area contributed by atoms with Gasteiger partial charge in [-0.2, -0.15) is 0 Å². The lowest BCUT2D eigenvalue weighted by atomic mass is 10.1. The summed E-state index contributed by atoms with van der Waals surface area (Å²) in [6.07, 6.45) is 1.89. The first-order valence-corrected chi connectivity index (χ1v) is 5.67. The topological polar surface area (TPSA) is 95.7 Å². The molecule has 1 aromatic rings. The Morgan fingerprint density at radius 3 is 2.72 bits per heavy atom. The molecule has 0 aliphatic rings. The first kappa shape index (κ1) is 13.8. The summed E-state index contributed by atoms with van der Waals surface area (Å²) in [5.74, 6) is -1.05. The number of hydrazine groups is 1. The SMILES string of the molecule is CCCc1cccc(N(CC(=O)O)NC(N)=O)c1. The van der Waals surface area contributed by atoms with Gasteiger partial charge in [-0.15, -0.1) is 0 Å². The fraction of sp³-hybridized carbons (Fsp3) is 0.333. The van der Waals surface area contributed by atoms with Crippen LogP contribution in [0.25, 0.3) is 0 Å². The highest BCUT2D eigenvalue weighted by atomic mass is 16.4. The minimum atomic E-state index is -1.05. The lowest BCUT2D eigenvalue weighted by molar-refractivity contribution is -0.135. The second-order valence-corrected chi connectivity index (χ2v) is 3.88. The Morgan fingerprint density at radius 2 is 2.17 bits per heavy atom. The molecule has 0 unspecified atom stereocenters. The fourth-order valence-electron chi connectivity index (χ4n) is 1.63. The van der Waals surface area contributed by atoms with Gasteiger partial charge >= 0.3 is 12.0 Å². The Bertz CT molecular complexity index is 418. The molecular formula is C12H17N3O3. The third-order valence-corrected chi connectivity index (χ3v) is 2.30. The number of carboxylic acid groups (broad SMARTS) is 1. The van der Waals surface area contributed by atoms with E-state index in [1.54, 1.807) is 6.07 Å². The van der Waals surface area contributed by atoms with Crippen LogP contribution >= 0.6 is 0 Å². The molecule has 0 aliphatic carbocycles. The number of aryl methyl sites for hydroxylation is 1. The first-order chi connectivity index (χ1) is 8.52. The van der Waals surface area contributed by atoms with Crippen molar-refractivity contribution in [3.63, 3.8) is 0 Å². The van der Waals surface area contributed by atoms with Crippen molar-refractivity contribution in [3.8, 4) is 0 Å². The van der Waals surface area contributed by atoms with Gasteiger partial charge < -0.3 is 10.8 Å². The Kier molecular flexibility index (Phi) is 4.98. The lowest BCUT2D eigenvalue weighted by Gasteiger charge is -2.22. The third-order valence-electron chi connectivity index (χ3n) is 2.30. The van der Waals surface area contributed by atoms with Gasteiger partial charge in [0.25, 0.3) is 0 Å². The molecule has 18 heavy (non-hydrogen) atoms. The Balaban J connectivity index is 2.92. The van der Waals surface area contributed by atoms with Crippen LogP contribution in [0.4, 0.5) is 10.5 Å². The molecule has 0 bridgehead atoms. The van der Waals surface area contributed by atoms with Gasteiger partial charge in [0.05, 0.1) is 5.69 Å². The largest absolute Gasteiger partial charge is 0.480 e. The van der Waals surface area contributed by atoms with Crippen molar-refractivity contribution >= 4 is 17.7 Å². The number of urea groups is 1. The first-order valence-electron chi connectivity index (χ1n) is 5.67. The molecule has 0 heterocycles. The van der Waals surface area contributed by atoms with Crippen molar-refractivity contribution in [2.45, 2.75) is 19.8 Å². The van der Waals surface area contributed by atoms with Crippen LogP contribution in [0.5, 0.6) is 0 Å². The number of aliphatic carboxylic acids is 1. The van der Waals surface area contributed by atoms with Crippen LogP contribution in [0.15, 0.2) is 24.3 Å². The number of nitrogens with zero attached hydrogens (tertiary/aromatic N) is 1. The van der Waals surface area contributed by atoms with Gasteiger partial charge in [-0.05, 0) is 24.1 Å². The van der Waals surface area contributed by atoms with Crippen LogP contribution in [0.2, 0.25) is 0 Å². The standard InChI is InChI=1S/C12H17N3O3/c1-2-4-9-5-3-6-10(7-9)15(8-11(16)17)14-12(13)18/h3,5-7H,2,4,8H2,1H3,(H,16,17)(H3,13,14,18). The van der Waals surface area contributed by atoms with Gasteiger partial charge in [0.1, 0.15) is 6.54 Å². The molecule has 0 aromatic heterocycles. The van der Waals surface area contributed by atoms with Crippen molar-refractivity contribution in [3.05, 3.63) is 29.8 Å². The van der Waals surface area contributed by atoms with Gasteiger partial charge in [-0.3, -0.25) is 9.80 Å². The van der Waals surface area contributed by atoms with E-state index >= 15 is 0 Å². The quantitative estimate of drug-likeness (QED) is 0.660. The summed E-state index contributed by atoms with van der Waals surface area (Å²) in [4.78, 5) is 21.6. The van der Waals surface area contributed by atoms with Crippen molar-refractivity contribution in [2.75, 3.05) is 11.6 Å². The van der Waals surface area contributed by atoms with Crippen molar-refractivity contribution in [1.29, 1.82) is 0 Å². The van der Waals surface area contributed by atoms with E-state index < -0.39 is 12.0 Å². The molecule has 0 saturated heterocycles. The van der Waals surface area contributed by atoms with Crippen molar-refractivity contribution in [1.82, 2.24) is 5.43 Å². The summed E-state index contributed by atoms with van der Waals surface area (Å²) in [7, 11) is 0. The molecule has 0 fully saturated rings. The van der Waals surface area contributed by atoms with Gasteiger partial charge in [0, 0.05) is 0 Å². The Labute approximate surface area is 105 Å². The third kappa shape index (κ3) is 4.32. The van der Waals surface area contributed by atoms with E-state index in [0.29, 0.717) is 5.69 Å². The minimum Gasteiger partial charge on any atom is -0.480 e. The number of carboxylic acids is 1. The molecule has 0 radical (unpaired) electrons. The highest BCUT2D eigenvalue weighted by molar-refractivity contribution is 5.78. The number of amides is 2. The molecule has 2 amide bonds. The maximum atomic E-state index is 10.9. The number of rotatable bonds is 6. The van der Waals surface area contributed by atoms with Gasteiger partial charge in [0.2, 0.25) is 0 Å². The molecule has 4 N–H and O–H groups in total. The predicted octanol–water partition coefficient (Wildman–Crippen LogP) is 1.11. The number of hydrogen-bond donors (Lipinski definition) is 3. The fourth-order valence-corrected chi connectivity index (χ4v) is 1.63. The van der Waals surface area contributed by atoms with E-state index in [0.717, 1.165) is 18.4 Å². The summed E-state index contributed by atoms with van der Waals surface area (Å²) >= 11 is 0. The maximum absolute atomic E-state index is 10.9. The Hall–Kier alpha value is -2.24. The van der Waals surface area contributed by atoms with E-state index in [1.807, 2.05) is 18.2 Å². The summed E-state index contributed by atoms with van der Waals surface area (Å²) in [5.41, 5.74) is 8.99. The van der Waals surface area contributed by atoms with Crippen molar-refractivity contribution < 1.29 is 14.7 Å². The average molecular weight is 251 g/mol. The molecular weight excluding hydrogens is 234 g/mol. The van der Waals surface area contributed by atoms with E-state index in [9.17, 15) is 9.59 Å². The smallest absolute Gasteiger partial charge is 0.330 e. The summed E-state index contributed by atoms with van der Waals surface area (Å²) in [5, 5.41) is 10.0. The second kappa shape index (κ2) is 6.48. The number of nitrogens with one attached hydrogen (secondary N) is 1. The van der Waals surface area contributed by atoms with Crippen molar-refractivity contribution in [2.24, 2.45) is 5.73 Å². The zero-order valence-corrected chi connectivity index (χ0v) is 10.2. The van der Waals surface area contributed by atoms with E-state index in [1.165, 1.54) is 5.01 Å². The zero-order valence-electron chi connectivity index (χ0n) is 10.2. The number of hydrogen-bond acceptors (Lipinski definition) is 3. The van der Waals surface area contributed by atoms with Crippen LogP contribution in [0, 0.1) is 0 Å². The number of benzene rings is 1. The molecule has 0 saturated carbocycles. The molecule has 1 rings (SSSR count). The molecule has 0 atom stereocenters. The average Bonchev–Trinajstić information content (AvgIpc) is 2.28. The molecule has 0 spiro atoms. The van der Waals surface area contributed by atoms with Gasteiger partial charge in [-0.1, -0.05) is 25.5 Å². The molecule has 1 aromatic carbocycles. The number of carbonyl (C=O) groups is 2. The summed E-state index contributed by atoms with van der Waals surface area (Å²) in [6, 6.07) is 6.53. The van der Waals surface area contributed by atoms with Gasteiger partial charge in [-0.25, -0.2) is 10.2 Å². The highest BCUT2D eigenvalue weighted by Crippen LogP contribution is 2.15. The normalized spacial score (nSPS) is 9.83. The van der Waals surface area contributed by atoms with Gasteiger partial charge in [0.15, 0.2) is 0 Å². The van der Waals surface area contributed by atoms with E-state index in [2.05, 4.69) is 12.3 Å². The maximum Gasteiger partial charge on any atom is 0.330 e. The number of carbonyl (C=O) groups excluding carboxylic acids is 1. The van der Waals surface area contributed by atoms with Crippen LogP contribution in [0.3, 0.4) is 0 Å². The molecule has 98 valence electrons. The highest BCUT2D eigenvalue weighted by Gasteiger charge is 2.12. The van der Waals surface area contributed by atoms with Crippen LogP contribution < -0.4 is 16.2 Å². The molecule has 0 aliphatic heterocycles. The number of nitrogens with two attached hydrogens (primary N) is 1. The minimum absolute atomic E-state index is 0.349. The summed E-state index contributed by atoms with van der Waals surface area (Å²) < 4.78 is 0.